The van der Waals surface area contributed by atoms with Crippen LogP contribution in [0.5, 0.6) is 0 Å². The Balaban J connectivity index is 2.19. The molecule has 0 bridgehead atoms. The van der Waals surface area contributed by atoms with Crippen LogP contribution >= 0.6 is 0 Å². The van der Waals surface area contributed by atoms with Crippen molar-refractivity contribution in [2.24, 2.45) is 0 Å². The number of nitrogens with zero attached hydrogens (tertiary/aromatic N) is 3. The molecule has 1 aromatic heterocycles. The highest BCUT2D eigenvalue weighted by atomic mass is 16.5. The Morgan fingerprint density at radius 2 is 2.44 bits per heavy atom. The van der Waals surface area contributed by atoms with E-state index in [-0.39, 0.29) is 30.6 Å². The number of amides is 1. The van der Waals surface area contributed by atoms with E-state index in [2.05, 4.69) is 19.9 Å². The number of carbonyl (C=O) groups excluding carboxylic acids is 2. The Morgan fingerprint density at radius 1 is 1.69 bits per heavy atom. The summed E-state index contributed by atoms with van der Waals surface area (Å²) >= 11 is 0. The van der Waals surface area contributed by atoms with Crippen LogP contribution in [-0.4, -0.2) is 51.9 Å². The zero-order valence-corrected chi connectivity index (χ0v) is 8.51. The van der Waals surface area contributed by atoms with Gasteiger partial charge in [0, 0.05) is 0 Å². The standard InChI is InChI=1S/C8H10N4O4/c1-16-7(15)6-9-8(11-10-6)12-3-4(13)2-5(12)14/h4,13H,2-3H2,1H3,(H,9,10,11). The van der Waals surface area contributed by atoms with Crippen molar-refractivity contribution < 1.29 is 19.4 Å². The first-order valence-corrected chi connectivity index (χ1v) is 4.61. The summed E-state index contributed by atoms with van der Waals surface area (Å²) in [5.74, 6) is -0.942. The number of hydrogen-bond acceptors (Lipinski definition) is 6. The molecule has 0 aromatic carbocycles. The maximum atomic E-state index is 11.4. The summed E-state index contributed by atoms with van der Waals surface area (Å²) in [6.07, 6.45) is -0.671. The first-order valence-electron chi connectivity index (χ1n) is 4.61. The van der Waals surface area contributed by atoms with Crippen LogP contribution in [0.15, 0.2) is 0 Å². The molecule has 1 saturated heterocycles. The summed E-state index contributed by atoms with van der Waals surface area (Å²) in [4.78, 5) is 27.5. The minimum Gasteiger partial charge on any atom is -0.463 e. The van der Waals surface area contributed by atoms with Gasteiger partial charge in [0.05, 0.1) is 26.2 Å². The second-order valence-corrected chi connectivity index (χ2v) is 3.34. The van der Waals surface area contributed by atoms with Gasteiger partial charge in [0.1, 0.15) is 0 Å². The van der Waals surface area contributed by atoms with Crippen molar-refractivity contribution in [3.05, 3.63) is 5.82 Å². The third-order valence-corrected chi connectivity index (χ3v) is 2.20. The van der Waals surface area contributed by atoms with Gasteiger partial charge in [0.15, 0.2) is 0 Å². The van der Waals surface area contributed by atoms with Crippen molar-refractivity contribution in [1.29, 1.82) is 0 Å². The molecule has 0 radical (unpaired) electrons. The van der Waals surface area contributed by atoms with E-state index in [1.165, 1.54) is 12.0 Å². The number of ether oxygens (including phenoxy) is 1. The van der Waals surface area contributed by atoms with Crippen molar-refractivity contribution in [3.8, 4) is 0 Å². The first-order chi connectivity index (χ1) is 7.61. The molecule has 86 valence electrons. The maximum absolute atomic E-state index is 11.4. The van der Waals surface area contributed by atoms with E-state index in [1.54, 1.807) is 0 Å². The predicted octanol–water partition coefficient (Wildman–Crippen LogP) is -1.31. The largest absolute Gasteiger partial charge is 0.463 e. The van der Waals surface area contributed by atoms with Gasteiger partial charge in [0.25, 0.3) is 5.95 Å². The molecule has 8 nitrogen and oxygen atoms in total. The Kier molecular flexibility index (Phi) is 2.57. The molecular formula is C8H10N4O4. The highest BCUT2D eigenvalue weighted by Gasteiger charge is 2.32. The second kappa shape index (κ2) is 3.89. The average Bonchev–Trinajstić information content (AvgIpc) is 2.83. The fraction of sp³-hybridized carbons (Fsp3) is 0.500. The molecule has 1 aromatic rings. The molecular weight excluding hydrogens is 216 g/mol. The lowest BCUT2D eigenvalue weighted by Gasteiger charge is -2.09. The molecule has 1 aliphatic rings. The summed E-state index contributed by atoms with van der Waals surface area (Å²) in [5.41, 5.74) is 0. The van der Waals surface area contributed by atoms with Gasteiger partial charge in [0.2, 0.25) is 11.7 Å². The zero-order chi connectivity index (χ0) is 11.7. The van der Waals surface area contributed by atoms with Crippen LogP contribution in [0.3, 0.4) is 0 Å². The van der Waals surface area contributed by atoms with Gasteiger partial charge in [-0.3, -0.25) is 14.8 Å². The van der Waals surface area contributed by atoms with Crippen LogP contribution in [0.25, 0.3) is 0 Å². The highest BCUT2D eigenvalue weighted by molar-refractivity contribution is 5.95. The van der Waals surface area contributed by atoms with Crippen LogP contribution in [0, 0.1) is 0 Å². The Labute approximate surface area is 90.2 Å². The number of esters is 1. The van der Waals surface area contributed by atoms with Gasteiger partial charge < -0.3 is 9.84 Å². The number of nitrogens with one attached hydrogen (secondary N) is 1. The molecule has 1 fully saturated rings. The Hall–Kier alpha value is -1.96. The van der Waals surface area contributed by atoms with E-state index in [0.717, 1.165) is 0 Å². The smallest absolute Gasteiger partial charge is 0.375 e. The third-order valence-electron chi connectivity index (χ3n) is 2.20. The lowest BCUT2D eigenvalue weighted by Crippen LogP contribution is -2.26. The maximum Gasteiger partial charge on any atom is 0.375 e. The number of methoxy groups -OCH3 is 1. The number of aliphatic hydroxyl groups excluding tert-OH is 1. The number of aliphatic hydroxyl groups is 1. The number of carbonyl (C=O) groups is 2. The van der Waals surface area contributed by atoms with Crippen molar-refractivity contribution >= 4 is 17.8 Å². The molecule has 2 N–H and O–H groups in total. The third kappa shape index (κ3) is 1.74. The van der Waals surface area contributed by atoms with Crippen LogP contribution in [0.2, 0.25) is 0 Å². The van der Waals surface area contributed by atoms with E-state index in [1.807, 2.05) is 0 Å². The lowest BCUT2D eigenvalue weighted by atomic mass is 10.3. The normalized spacial score (nSPS) is 20.2. The predicted molar refractivity (Wildman–Crippen MR) is 50.7 cm³/mol. The summed E-state index contributed by atoms with van der Waals surface area (Å²) in [6, 6.07) is 0. The number of H-pyrrole nitrogens is 1. The summed E-state index contributed by atoms with van der Waals surface area (Å²) in [6.45, 7) is 0.136. The van der Waals surface area contributed by atoms with Gasteiger partial charge in [-0.1, -0.05) is 0 Å². The van der Waals surface area contributed by atoms with Gasteiger partial charge in [-0.05, 0) is 0 Å². The SMILES string of the molecule is COC(=O)c1nc(N2CC(O)CC2=O)n[nH]1. The number of aromatic nitrogens is 3. The summed E-state index contributed by atoms with van der Waals surface area (Å²) < 4.78 is 4.43. The molecule has 16 heavy (non-hydrogen) atoms. The van der Waals surface area contributed by atoms with Crippen LogP contribution < -0.4 is 4.90 Å². The lowest BCUT2D eigenvalue weighted by molar-refractivity contribution is -0.117. The fourth-order valence-electron chi connectivity index (χ4n) is 1.44. The van der Waals surface area contributed by atoms with Crippen molar-refractivity contribution in [3.63, 3.8) is 0 Å². The van der Waals surface area contributed by atoms with Crippen LogP contribution in [-0.2, 0) is 9.53 Å². The van der Waals surface area contributed by atoms with Gasteiger partial charge in [-0.25, -0.2) is 4.79 Å². The molecule has 1 unspecified atom stereocenters. The Morgan fingerprint density at radius 3 is 3.00 bits per heavy atom. The molecule has 2 rings (SSSR count). The van der Waals surface area contributed by atoms with Crippen LogP contribution in [0.1, 0.15) is 17.0 Å². The summed E-state index contributed by atoms with van der Waals surface area (Å²) in [7, 11) is 1.22. The number of hydrogen-bond donors (Lipinski definition) is 2. The molecule has 1 aliphatic heterocycles. The fourth-order valence-corrected chi connectivity index (χ4v) is 1.44. The highest BCUT2D eigenvalue weighted by Crippen LogP contribution is 2.17. The number of aromatic amines is 1. The van der Waals surface area contributed by atoms with Gasteiger partial charge >= 0.3 is 5.97 Å². The van der Waals surface area contributed by atoms with Crippen LogP contribution in [0.4, 0.5) is 5.95 Å². The van der Waals surface area contributed by atoms with E-state index in [9.17, 15) is 14.7 Å². The Bertz CT molecular complexity index is 429. The van der Waals surface area contributed by atoms with E-state index in [0.29, 0.717) is 0 Å². The zero-order valence-electron chi connectivity index (χ0n) is 8.51. The number of anilines is 1. The molecule has 2 heterocycles. The molecule has 0 saturated carbocycles. The molecule has 1 atom stereocenters. The quantitative estimate of drug-likeness (QED) is 0.606. The molecule has 1 amide bonds. The number of β-amino-alcohol motifs (C(OH)–C–C–N with tert-alkyl or cyclic N) is 1. The average molecular weight is 226 g/mol. The molecule has 0 aliphatic carbocycles. The van der Waals surface area contributed by atoms with Gasteiger partial charge in [-0.15, -0.1) is 5.10 Å². The number of rotatable bonds is 2. The van der Waals surface area contributed by atoms with Crippen molar-refractivity contribution in [2.75, 3.05) is 18.6 Å². The second-order valence-electron chi connectivity index (χ2n) is 3.34. The summed E-state index contributed by atoms with van der Waals surface area (Å²) in [5, 5.41) is 15.3. The van der Waals surface area contributed by atoms with Gasteiger partial charge in [-0.2, -0.15) is 4.98 Å². The van der Waals surface area contributed by atoms with Crippen molar-refractivity contribution in [1.82, 2.24) is 15.2 Å². The minimum atomic E-state index is -0.715. The molecule has 0 spiro atoms. The minimum absolute atomic E-state index is 0.0437. The molecule has 8 heteroatoms. The van der Waals surface area contributed by atoms with Crippen molar-refractivity contribution in [2.45, 2.75) is 12.5 Å². The van der Waals surface area contributed by atoms with E-state index >= 15 is 0 Å². The topological polar surface area (TPSA) is 108 Å². The van der Waals surface area contributed by atoms with E-state index < -0.39 is 12.1 Å². The first kappa shape index (κ1) is 10.6. The monoisotopic (exact) mass is 226 g/mol. The van der Waals surface area contributed by atoms with E-state index in [4.69, 9.17) is 0 Å².